The fraction of sp³-hybridized carbons (Fsp3) is 1.00. The molecule has 0 heterocycles. The third-order valence-electron chi connectivity index (χ3n) is 2.70. The molecule has 0 N–H and O–H groups in total. The normalized spacial score (nSPS) is 11.8. The minimum atomic E-state index is 0.954. The first-order valence-corrected chi connectivity index (χ1v) is 6.72. The Morgan fingerprint density at radius 1 is 0.714 bits per heavy atom. The van der Waals surface area contributed by atoms with E-state index < -0.39 is 0 Å². The molecule has 88 valence electrons. The topological polar surface area (TPSA) is 0 Å². The van der Waals surface area contributed by atoms with Crippen LogP contribution in [0.2, 0.25) is 0 Å². The van der Waals surface area contributed by atoms with Crippen molar-refractivity contribution < 1.29 is 0 Å². The van der Waals surface area contributed by atoms with Crippen LogP contribution in [0.15, 0.2) is 0 Å². The zero-order valence-corrected chi connectivity index (χ0v) is 11.2. The van der Waals surface area contributed by atoms with Crippen molar-refractivity contribution >= 4 is 0 Å². The van der Waals surface area contributed by atoms with Crippen LogP contribution < -0.4 is 0 Å². The van der Waals surface area contributed by atoms with E-state index in [0.717, 1.165) is 5.92 Å². The third-order valence-corrected chi connectivity index (χ3v) is 2.70. The standard InChI is InChI=1S/C8H18.C6H14/c1-4-6-7-8(3)5-2;1-3-5-6-4-2/h8H,4-7H2,1-3H3;3-6H2,1-2H3/t8-;/m0./s1. The Morgan fingerprint density at radius 2 is 1.14 bits per heavy atom. The fourth-order valence-electron chi connectivity index (χ4n) is 1.26. The SMILES string of the molecule is CCCCCC.CCCC[C@@H](C)CC. The molecule has 0 unspecified atom stereocenters. The maximum atomic E-state index is 2.33. The second-order valence-electron chi connectivity index (χ2n) is 4.36. The monoisotopic (exact) mass is 200 g/mol. The van der Waals surface area contributed by atoms with Crippen molar-refractivity contribution in [3.63, 3.8) is 0 Å². The predicted molar refractivity (Wildman–Crippen MR) is 68.8 cm³/mol. The summed E-state index contributed by atoms with van der Waals surface area (Å²) in [5.41, 5.74) is 0. The molecule has 0 amide bonds. The Morgan fingerprint density at radius 3 is 1.43 bits per heavy atom. The minimum Gasteiger partial charge on any atom is -0.0654 e. The Kier molecular flexibility index (Phi) is 18.2. The van der Waals surface area contributed by atoms with Crippen LogP contribution in [-0.4, -0.2) is 0 Å². The van der Waals surface area contributed by atoms with E-state index in [4.69, 9.17) is 0 Å². The zero-order valence-electron chi connectivity index (χ0n) is 11.2. The van der Waals surface area contributed by atoms with Gasteiger partial charge in [0.1, 0.15) is 0 Å². The summed E-state index contributed by atoms with van der Waals surface area (Å²) >= 11 is 0. The molecule has 0 saturated heterocycles. The summed E-state index contributed by atoms with van der Waals surface area (Å²) in [6.45, 7) is 11.3. The van der Waals surface area contributed by atoms with Crippen LogP contribution in [0.4, 0.5) is 0 Å². The van der Waals surface area contributed by atoms with E-state index in [1.807, 2.05) is 0 Å². The lowest BCUT2D eigenvalue weighted by molar-refractivity contribution is 0.492. The second kappa shape index (κ2) is 15.5. The summed E-state index contributed by atoms with van der Waals surface area (Å²) in [4.78, 5) is 0. The molecule has 14 heavy (non-hydrogen) atoms. The summed E-state index contributed by atoms with van der Waals surface area (Å²) < 4.78 is 0. The number of unbranched alkanes of at least 4 members (excludes halogenated alkanes) is 4. The van der Waals surface area contributed by atoms with Gasteiger partial charge in [-0.15, -0.1) is 0 Å². The van der Waals surface area contributed by atoms with Crippen LogP contribution in [0.25, 0.3) is 0 Å². The molecule has 0 aromatic heterocycles. The highest BCUT2D eigenvalue weighted by atomic mass is 14.0. The summed E-state index contributed by atoms with van der Waals surface area (Å²) in [6, 6.07) is 0. The van der Waals surface area contributed by atoms with E-state index in [-0.39, 0.29) is 0 Å². The van der Waals surface area contributed by atoms with Crippen molar-refractivity contribution in [2.24, 2.45) is 5.92 Å². The van der Waals surface area contributed by atoms with E-state index in [9.17, 15) is 0 Å². The van der Waals surface area contributed by atoms with Crippen LogP contribution >= 0.6 is 0 Å². The average Bonchev–Trinajstić information content (AvgIpc) is 2.23. The molecule has 0 radical (unpaired) electrons. The first-order chi connectivity index (χ1) is 6.72. The molecule has 0 bridgehead atoms. The minimum absolute atomic E-state index is 0.954. The summed E-state index contributed by atoms with van der Waals surface area (Å²) in [7, 11) is 0. The predicted octanol–water partition coefficient (Wildman–Crippen LogP) is 5.81. The van der Waals surface area contributed by atoms with Gasteiger partial charge in [0.2, 0.25) is 0 Å². The van der Waals surface area contributed by atoms with Crippen molar-refractivity contribution in [2.75, 3.05) is 0 Å². The van der Waals surface area contributed by atoms with Crippen LogP contribution in [-0.2, 0) is 0 Å². The molecule has 0 aliphatic heterocycles. The second-order valence-corrected chi connectivity index (χ2v) is 4.36. The van der Waals surface area contributed by atoms with Crippen LogP contribution in [0.5, 0.6) is 0 Å². The summed E-state index contributed by atoms with van der Waals surface area (Å²) in [5.74, 6) is 0.954. The molecule has 0 aliphatic rings. The highest BCUT2D eigenvalue weighted by Gasteiger charge is 1.94. The van der Waals surface area contributed by atoms with Gasteiger partial charge in [0.05, 0.1) is 0 Å². The van der Waals surface area contributed by atoms with E-state index in [2.05, 4.69) is 34.6 Å². The van der Waals surface area contributed by atoms with Gasteiger partial charge in [0.15, 0.2) is 0 Å². The molecule has 0 aliphatic carbocycles. The molecule has 0 fully saturated rings. The summed E-state index contributed by atoms with van der Waals surface area (Å²) in [6.07, 6.45) is 11.1. The Balaban J connectivity index is 0. The molecular weight excluding hydrogens is 168 g/mol. The smallest absolute Gasteiger partial charge is 0.0445 e. The van der Waals surface area contributed by atoms with Gasteiger partial charge >= 0.3 is 0 Å². The molecule has 0 saturated carbocycles. The van der Waals surface area contributed by atoms with Gasteiger partial charge in [-0.2, -0.15) is 0 Å². The molecule has 0 rings (SSSR count). The zero-order chi connectivity index (χ0) is 11.2. The maximum Gasteiger partial charge on any atom is -0.0445 e. The average molecular weight is 200 g/mol. The molecule has 0 aromatic carbocycles. The lowest BCUT2D eigenvalue weighted by Gasteiger charge is -2.04. The summed E-state index contributed by atoms with van der Waals surface area (Å²) in [5, 5.41) is 0. The molecule has 0 spiro atoms. The van der Waals surface area contributed by atoms with E-state index in [1.54, 1.807) is 0 Å². The van der Waals surface area contributed by atoms with Crippen molar-refractivity contribution in [1.29, 1.82) is 0 Å². The van der Waals surface area contributed by atoms with Crippen molar-refractivity contribution in [3.8, 4) is 0 Å². The van der Waals surface area contributed by atoms with Crippen LogP contribution in [0.3, 0.4) is 0 Å². The molecule has 0 nitrogen and oxygen atoms in total. The van der Waals surface area contributed by atoms with Gasteiger partial charge in [0, 0.05) is 0 Å². The van der Waals surface area contributed by atoms with Gasteiger partial charge in [-0.05, 0) is 5.92 Å². The molecular formula is C14H32. The first kappa shape index (κ1) is 16.4. The van der Waals surface area contributed by atoms with Crippen LogP contribution in [0.1, 0.15) is 86.0 Å². The van der Waals surface area contributed by atoms with Crippen molar-refractivity contribution in [1.82, 2.24) is 0 Å². The van der Waals surface area contributed by atoms with E-state index in [0.29, 0.717) is 0 Å². The largest absolute Gasteiger partial charge is 0.0654 e. The molecule has 0 aromatic rings. The highest BCUT2D eigenvalue weighted by Crippen LogP contribution is 2.09. The lowest BCUT2D eigenvalue weighted by Crippen LogP contribution is -1.89. The molecule has 1 atom stereocenters. The third kappa shape index (κ3) is 17.9. The number of hydrogen-bond acceptors (Lipinski definition) is 0. The Bertz CT molecular complexity index is 72.1. The van der Waals surface area contributed by atoms with Crippen LogP contribution in [0, 0.1) is 5.92 Å². The fourth-order valence-corrected chi connectivity index (χ4v) is 1.26. The van der Waals surface area contributed by atoms with Gasteiger partial charge < -0.3 is 0 Å². The highest BCUT2D eigenvalue weighted by molar-refractivity contribution is 4.47. The lowest BCUT2D eigenvalue weighted by atomic mass is 10.0. The van der Waals surface area contributed by atoms with Gasteiger partial charge in [-0.3, -0.25) is 0 Å². The maximum absolute atomic E-state index is 2.33. The van der Waals surface area contributed by atoms with E-state index in [1.165, 1.54) is 51.4 Å². The Hall–Kier alpha value is 0. The molecule has 0 heteroatoms. The van der Waals surface area contributed by atoms with Gasteiger partial charge in [-0.25, -0.2) is 0 Å². The Labute approximate surface area is 92.5 Å². The van der Waals surface area contributed by atoms with Crippen molar-refractivity contribution in [2.45, 2.75) is 86.0 Å². The van der Waals surface area contributed by atoms with Gasteiger partial charge in [-0.1, -0.05) is 86.0 Å². The number of rotatable bonds is 7. The van der Waals surface area contributed by atoms with Crippen molar-refractivity contribution in [3.05, 3.63) is 0 Å². The van der Waals surface area contributed by atoms with Gasteiger partial charge in [0.25, 0.3) is 0 Å². The number of hydrogen-bond donors (Lipinski definition) is 0. The quantitative estimate of drug-likeness (QED) is 0.455. The first-order valence-electron chi connectivity index (χ1n) is 6.72. The van der Waals surface area contributed by atoms with E-state index >= 15 is 0 Å².